The highest BCUT2D eigenvalue weighted by Crippen LogP contribution is 2.45. The van der Waals surface area contributed by atoms with Gasteiger partial charge < -0.3 is 33.8 Å². The van der Waals surface area contributed by atoms with Gasteiger partial charge in [0.05, 0.1) is 26.4 Å². The molecule has 0 aliphatic carbocycles. The molecule has 0 amide bonds. The summed E-state index contributed by atoms with van der Waals surface area (Å²) in [5.74, 6) is -0.542. The van der Waals surface area contributed by atoms with Crippen molar-refractivity contribution in [1.82, 2.24) is 0 Å². The quantitative estimate of drug-likeness (QED) is 0.0222. The zero-order valence-corrected chi connectivity index (χ0v) is 63.1. The van der Waals surface area contributed by atoms with Gasteiger partial charge in [0.1, 0.15) is 19.3 Å². The third-order valence-corrected chi connectivity index (χ3v) is 19.4. The Kier molecular flexibility index (Phi) is 65.5. The summed E-state index contributed by atoms with van der Waals surface area (Å²) in [5.41, 5.74) is 0. The summed E-state index contributed by atoms with van der Waals surface area (Å²) in [6.07, 6.45) is 54.0. The molecule has 0 rings (SSSR count). The molecule has 17 nitrogen and oxygen atoms in total. The summed E-state index contributed by atoms with van der Waals surface area (Å²) in [4.78, 5) is 72.7. The van der Waals surface area contributed by atoms with Gasteiger partial charge in [0.2, 0.25) is 0 Å². The van der Waals surface area contributed by atoms with Gasteiger partial charge in [-0.05, 0) is 37.5 Å². The lowest BCUT2D eigenvalue weighted by molar-refractivity contribution is -0.161. The lowest BCUT2D eigenvalue weighted by Crippen LogP contribution is -2.30. The van der Waals surface area contributed by atoms with Gasteiger partial charge >= 0.3 is 39.5 Å². The zero-order chi connectivity index (χ0) is 69.3. The molecule has 94 heavy (non-hydrogen) atoms. The first-order chi connectivity index (χ1) is 45.4. The number of carbonyl (C=O) groups is 4. The SMILES string of the molecule is CCCCCCCCCCCCCCC(=O)O[C@H](COC(=O)CCCCCCCCCCCC)COP(=O)(O)OC[C@H](O)COP(=O)(O)OC[C@@H](COC(=O)CCCCCCCCCCCCCC(C)C)OC(=O)CCCCCCCCCCCCCCCCCC(C)C. The third kappa shape index (κ3) is 68.6. The van der Waals surface area contributed by atoms with Crippen molar-refractivity contribution in [3.05, 3.63) is 0 Å². The average molecular weight is 1380 g/mol. The van der Waals surface area contributed by atoms with E-state index in [4.69, 9.17) is 37.0 Å². The van der Waals surface area contributed by atoms with Crippen molar-refractivity contribution in [2.75, 3.05) is 39.6 Å². The molecule has 0 aliphatic rings. The Morgan fingerprint density at radius 3 is 0.723 bits per heavy atom. The predicted octanol–water partition coefficient (Wildman–Crippen LogP) is 21.9. The number of ether oxygens (including phenoxy) is 4. The number of esters is 4. The first-order valence-electron chi connectivity index (χ1n) is 39.0. The van der Waals surface area contributed by atoms with Crippen LogP contribution >= 0.6 is 15.6 Å². The highest BCUT2D eigenvalue weighted by molar-refractivity contribution is 7.47. The first-order valence-corrected chi connectivity index (χ1v) is 42.0. The molecule has 0 fully saturated rings. The van der Waals surface area contributed by atoms with E-state index in [-0.39, 0.29) is 25.7 Å². The molecule has 3 N–H and O–H groups in total. The van der Waals surface area contributed by atoms with Crippen molar-refractivity contribution < 1.29 is 80.2 Å². The third-order valence-electron chi connectivity index (χ3n) is 17.5. The van der Waals surface area contributed by atoms with Gasteiger partial charge in [-0.3, -0.25) is 37.3 Å². The number of hydrogen-bond acceptors (Lipinski definition) is 15. The minimum Gasteiger partial charge on any atom is -0.462 e. The molecular formula is C75H146O17P2. The van der Waals surface area contributed by atoms with E-state index in [0.717, 1.165) is 102 Å². The van der Waals surface area contributed by atoms with Crippen LogP contribution in [-0.2, 0) is 65.4 Å². The molecule has 0 aromatic carbocycles. The number of phosphoric acid groups is 2. The van der Waals surface area contributed by atoms with Crippen LogP contribution in [0.15, 0.2) is 0 Å². The molecule has 5 atom stereocenters. The van der Waals surface area contributed by atoms with E-state index in [2.05, 4.69) is 41.5 Å². The van der Waals surface area contributed by atoms with Gasteiger partial charge in [-0.1, -0.05) is 337 Å². The summed E-state index contributed by atoms with van der Waals surface area (Å²) < 4.78 is 68.5. The predicted molar refractivity (Wildman–Crippen MR) is 381 cm³/mol. The molecule has 0 spiro atoms. The van der Waals surface area contributed by atoms with Crippen LogP contribution in [0.1, 0.15) is 388 Å². The van der Waals surface area contributed by atoms with E-state index in [1.54, 1.807) is 0 Å². The Balaban J connectivity index is 5.24. The van der Waals surface area contributed by atoms with Gasteiger partial charge in [0, 0.05) is 25.7 Å². The van der Waals surface area contributed by atoms with Gasteiger partial charge in [0.15, 0.2) is 12.2 Å². The van der Waals surface area contributed by atoms with Crippen LogP contribution < -0.4 is 0 Å². The number of rotatable bonds is 74. The zero-order valence-electron chi connectivity index (χ0n) is 61.3. The lowest BCUT2D eigenvalue weighted by atomic mass is 10.0. The molecule has 0 aliphatic heterocycles. The van der Waals surface area contributed by atoms with E-state index >= 15 is 0 Å². The van der Waals surface area contributed by atoms with Crippen LogP contribution in [0.3, 0.4) is 0 Å². The number of aliphatic hydroxyl groups is 1. The van der Waals surface area contributed by atoms with Crippen molar-refractivity contribution in [3.8, 4) is 0 Å². The average Bonchev–Trinajstić information content (AvgIpc) is 1.17. The maximum Gasteiger partial charge on any atom is 0.472 e. The van der Waals surface area contributed by atoms with Crippen LogP contribution in [0.5, 0.6) is 0 Å². The summed E-state index contributed by atoms with van der Waals surface area (Å²) in [7, 11) is -9.91. The summed E-state index contributed by atoms with van der Waals surface area (Å²) in [5, 5.41) is 10.6. The molecule has 0 saturated heterocycles. The summed E-state index contributed by atoms with van der Waals surface area (Å²) in [6, 6.07) is 0. The maximum atomic E-state index is 13.1. The fraction of sp³-hybridized carbons (Fsp3) is 0.947. The Morgan fingerprint density at radius 1 is 0.287 bits per heavy atom. The molecular weight excluding hydrogens is 1230 g/mol. The Labute approximate surface area is 575 Å². The van der Waals surface area contributed by atoms with Crippen molar-refractivity contribution in [3.63, 3.8) is 0 Å². The summed E-state index contributed by atoms with van der Waals surface area (Å²) in [6.45, 7) is 9.61. The molecule has 558 valence electrons. The van der Waals surface area contributed by atoms with Crippen molar-refractivity contribution in [2.24, 2.45) is 11.8 Å². The molecule has 0 radical (unpaired) electrons. The monoisotopic (exact) mass is 1380 g/mol. The Morgan fingerprint density at radius 2 is 0.489 bits per heavy atom. The lowest BCUT2D eigenvalue weighted by Gasteiger charge is -2.21. The van der Waals surface area contributed by atoms with Crippen LogP contribution in [0.2, 0.25) is 0 Å². The second-order valence-corrected chi connectivity index (χ2v) is 30.9. The summed E-state index contributed by atoms with van der Waals surface area (Å²) >= 11 is 0. The molecule has 0 bridgehead atoms. The van der Waals surface area contributed by atoms with Gasteiger partial charge in [-0.15, -0.1) is 0 Å². The standard InChI is InChI=1S/C75H146O17P2/c1-7-9-11-13-15-17-19-28-35-41-47-53-59-74(79)91-70(63-85-72(77)57-51-45-39-33-18-16-14-12-10-8-2)65-89-93(81,82)87-61-69(76)62-88-94(83,84)90-66-71(64-86-73(78)58-52-46-40-34-30-25-27-32-38-44-50-56-68(5)6)92-75(80)60-54-48-42-36-29-24-22-20-21-23-26-31-37-43-49-55-67(3)4/h67-71,76H,7-66H2,1-6H3,(H,81,82)(H,83,84)/t69-,70+,71+/m0/s1. The van der Waals surface area contributed by atoms with Gasteiger partial charge in [-0.2, -0.15) is 0 Å². The van der Waals surface area contributed by atoms with Crippen LogP contribution in [0, 0.1) is 11.8 Å². The van der Waals surface area contributed by atoms with Gasteiger partial charge in [0.25, 0.3) is 0 Å². The van der Waals surface area contributed by atoms with Crippen LogP contribution in [0.4, 0.5) is 0 Å². The smallest absolute Gasteiger partial charge is 0.462 e. The molecule has 0 saturated carbocycles. The van der Waals surface area contributed by atoms with E-state index in [0.29, 0.717) is 25.7 Å². The Hall–Kier alpha value is -1.94. The molecule has 0 aromatic rings. The number of unbranched alkanes of at least 4 members (excludes halogenated alkanes) is 44. The molecule has 0 aromatic heterocycles. The Bertz CT molecular complexity index is 1820. The first kappa shape index (κ1) is 92.1. The highest BCUT2D eigenvalue weighted by Gasteiger charge is 2.30. The van der Waals surface area contributed by atoms with Crippen molar-refractivity contribution >= 4 is 39.5 Å². The molecule has 19 heteroatoms. The number of carbonyl (C=O) groups excluding carboxylic acids is 4. The van der Waals surface area contributed by atoms with Crippen LogP contribution in [-0.4, -0.2) is 96.7 Å². The van der Waals surface area contributed by atoms with E-state index in [1.807, 2.05) is 0 Å². The maximum absolute atomic E-state index is 13.1. The highest BCUT2D eigenvalue weighted by atomic mass is 31.2. The second kappa shape index (κ2) is 66.9. The van der Waals surface area contributed by atoms with E-state index in [1.165, 1.54) is 205 Å². The molecule has 2 unspecified atom stereocenters. The van der Waals surface area contributed by atoms with Crippen LogP contribution in [0.25, 0.3) is 0 Å². The van der Waals surface area contributed by atoms with E-state index in [9.17, 15) is 43.2 Å². The van der Waals surface area contributed by atoms with Crippen molar-refractivity contribution in [1.29, 1.82) is 0 Å². The fourth-order valence-corrected chi connectivity index (χ4v) is 13.1. The van der Waals surface area contributed by atoms with E-state index < -0.39 is 97.5 Å². The largest absolute Gasteiger partial charge is 0.472 e. The van der Waals surface area contributed by atoms with Crippen molar-refractivity contribution in [2.45, 2.75) is 407 Å². The second-order valence-electron chi connectivity index (χ2n) is 28.0. The minimum atomic E-state index is -4.96. The topological polar surface area (TPSA) is 237 Å². The molecule has 0 heterocycles. The number of phosphoric ester groups is 2. The normalized spacial score (nSPS) is 14.0. The fourth-order valence-electron chi connectivity index (χ4n) is 11.5. The van der Waals surface area contributed by atoms with Gasteiger partial charge in [-0.25, -0.2) is 9.13 Å². The number of aliphatic hydroxyl groups excluding tert-OH is 1. The number of hydrogen-bond donors (Lipinski definition) is 3. The minimum absolute atomic E-state index is 0.107.